The van der Waals surface area contributed by atoms with Crippen LogP contribution in [0.1, 0.15) is 23.3 Å². The van der Waals surface area contributed by atoms with Gasteiger partial charge in [0.15, 0.2) is 0 Å². The Bertz CT molecular complexity index is 346. The summed E-state index contributed by atoms with van der Waals surface area (Å²) in [6.07, 6.45) is 3.94. The summed E-state index contributed by atoms with van der Waals surface area (Å²) in [5, 5.41) is 10.3. The molecule has 0 aliphatic carbocycles. The van der Waals surface area contributed by atoms with Crippen molar-refractivity contribution in [2.24, 2.45) is 7.05 Å². The summed E-state index contributed by atoms with van der Waals surface area (Å²) in [4.78, 5) is 11.7. The van der Waals surface area contributed by atoms with E-state index in [0.29, 0.717) is 5.69 Å². The van der Waals surface area contributed by atoms with Crippen molar-refractivity contribution < 1.29 is 4.79 Å². The van der Waals surface area contributed by atoms with E-state index in [-0.39, 0.29) is 24.4 Å². The molecule has 2 heterocycles. The minimum absolute atomic E-state index is 0. The summed E-state index contributed by atoms with van der Waals surface area (Å²) < 4.78 is 1.63. The molecular formula is C10H17ClN4O. The molecule has 1 aromatic rings. The molecule has 0 spiro atoms. The van der Waals surface area contributed by atoms with Crippen molar-refractivity contribution >= 4 is 18.3 Å². The molecular weight excluding hydrogens is 228 g/mol. The Hall–Kier alpha value is -1.07. The van der Waals surface area contributed by atoms with Crippen molar-refractivity contribution in [2.75, 3.05) is 13.1 Å². The SMILES string of the molecule is Cl.Cn1ccc(C(=O)NC2CCCNC2)n1. The maximum Gasteiger partial charge on any atom is 0.272 e. The van der Waals surface area contributed by atoms with Crippen LogP contribution in [-0.4, -0.2) is 34.8 Å². The molecule has 1 amide bonds. The Morgan fingerprint density at radius 3 is 3.06 bits per heavy atom. The van der Waals surface area contributed by atoms with Gasteiger partial charge in [0.25, 0.3) is 5.91 Å². The fourth-order valence-corrected chi connectivity index (χ4v) is 1.77. The first-order valence-electron chi connectivity index (χ1n) is 5.27. The molecule has 16 heavy (non-hydrogen) atoms. The second-order valence-corrected chi connectivity index (χ2v) is 3.89. The average Bonchev–Trinajstić information content (AvgIpc) is 2.66. The second-order valence-electron chi connectivity index (χ2n) is 3.89. The van der Waals surface area contributed by atoms with Crippen LogP contribution in [0, 0.1) is 0 Å². The van der Waals surface area contributed by atoms with Gasteiger partial charge in [-0.25, -0.2) is 0 Å². The number of nitrogens with zero attached hydrogens (tertiary/aromatic N) is 2. The fraction of sp³-hybridized carbons (Fsp3) is 0.600. The summed E-state index contributed by atoms with van der Waals surface area (Å²) in [5.41, 5.74) is 0.489. The molecule has 1 aromatic heterocycles. The Morgan fingerprint density at radius 1 is 1.69 bits per heavy atom. The molecule has 0 aromatic carbocycles. The smallest absolute Gasteiger partial charge is 0.272 e. The van der Waals surface area contributed by atoms with Gasteiger partial charge in [0.2, 0.25) is 0 Å². The van der Waals surface area contributed by atoms with Gasteiger partial charge in [0.1, 0.15) is 5.69 Å². The van der Waals surface area contributed by atoms with E-state index in [2.05, 4.69) is 15.7 Å². The third kappa shape index (κ3) is 3.21. The molecule has 1 aliphatic rings. The average molecular weight is 245 g/mol. The molecule has 0 saturated carbocycles. The molecule has 1 aliphatic heterocycles. The molecule has 1 fully saturated rings. The van der Waals surface area contributed by atoms with E-state index in [0.717, 1.165) is 25.9 Å². The zero-order chi connectivity index (χ0) is 10.7. The van der Waals surface area contributed by atoms with Gasteiger partial charge in [-0.05, 0) is 25.5 Å². The Kier molecular flexibility index (Phi) is 4.76. The number of hydrogen-bond donors (Lipinski definition) is 2. The Balaban J connectivity index is 0.00000128. The van der Waals surface area contributed by atoms with E-state index in [1.807, 2.05) is 0 Å². The van der Waals surface area contributed by atoms with E-state index < -0.39 is 0 Å². The van der Waals surface area contributed by atoms with Gasteiger partial charge in [-0.2, -0.15) is 5.10 Å². The van der Waals surface area contributed by atoms with Crippen LogP contribution in [0.5, 0.6) is 0 Å². The molecule has 0 radical (unpaired) electrons. The third-order valence-electron chi connectivity index (χ3n) is 2.58. The van der Waals surface area contributed by atoms with Crippen molar-refractivity contribution in [3.05, 3.63) is 18.0 Å². The quantitative estimate of drug-likeness (QED) is 0.788. The Labute approximate surface area is 101 Å². The Morgan fingerprint density at radius 2 is 2.50 bits per heavy atom. The van der Waals surface area contributed by atoms with Gasteiger partial charge in [-0.3, -0.25) is 9.48 Å². The van der Waals surface area contributed by atoms with E-state index in [1.54, 1.807) is 24.0 Å². The minimum atomic E-state index is -0.0794. The standard InChI is InChI=1S/C10H16N4O.ClH/c1-14-6-4-9(13-14)10(15)12-8-3-2-5-11-7-8;/h4,6,8,11H,2-3,5,7H2,1H3,(H,12,15);1H. The number of aryl methyl sites for hydroxylation is 1. The van der Waals surface area contributed by atoms with Crippen LogP contribution in [-0.2, 0) is 7.05 Å². The normalized spacial score (nSPS) is 19.9. The molecule has 2 rings (SSSR count). The van der Waals surface area contributed by atoms with E-state index in [1.165, 1.54) is 0 Å². The highest BCUT2D eigenvalue weighted by molar-refractivity contribution is 5.92. The van der Waals surface area contributed by atoms with Gasteiger partial charge in [-0.1, -0.05) is 0 Å². The number of carbonyl (C=O) groups is 1. The minimum Gasteiger partial charge on any atom is -0.347 e. The highest BCUT2D eigenvalue weighted by atomic mass is 35.5. The van der Waals surface area contributed by atoms with E-state index in [4.69, 9.17) is 0 Å². The first kappa shape index (κ1) is 13.0. The predicted molar refractivity (Wildman–Crippen MR) is 63.8 cm³/mol. The number of halogens is 1. The number of aromatic nitrogens is 2. The third-order valence-corrected chi connectivity index (χ3v) is 2.58. The van der Waals surface area contributed by atoms with Gasteiger partial charge >= 0.3 is 0 Å². The molecule has 6 heteroatoms. The first-order valence-corrected chi connectivity index (χ1v) is 5.27. The lowest BCUT2D eigenvalue weighted by atomic mass is 10.1. The largest absolute Gasteiger partial charge is 0.347 e. The number of rotatable bonds is 2. The van der Waals surface area contributed by atoms with Crippen molar-refractivity contribution in [1.29, 1.82) is 0 Å². The van der Waals surface area contributed by atoms with Crippen LogP contribution < -0.4 is 10.6 Å². The highest BCUT2D eigenvalue weighted by Crippen LogP contribution is 2.02. The van der Waals surface area contributed by atoms with Crippen LogP contribution in [0.25, 0.3) is 0 Å². The predicted octanol–water partition coefficient (Wildman–Crippen LogP) is 0.324. The topological polar surface area (TPSA) is 59.0 Å². The van der Waals surface area contributed by atoms with Crippen molar-refractivity contribution in [1.82, 2.24) is 20.4 Å². The van der Waals surface area contributed by atoms with Gasteiger partial charge < -0.3 is 10.6 Å². The lowest BCUT2D eigenvalue weighted by Crippen LogP contribution is -2.45. The fourth-order valence-electron chi connectivity index (χ4n) is 1.77. The van der Waals surface area contributed by atoms with Gasteiger partial charge in [0.05, 0.1) is 0 Å². The number of hydrogen-bond acceptors (Lipinski definition) is 3. The van der Waals surface area contributed by atoms with Crippen LogP contribution in [0.4, 0.5) is 0 Å². The van der Waals surface area contributed by atoms with Crippen LogP contribution >= 0.6 is 12.4 Å². The summed E-state index contributed by atoms with van der Waals surface area (Å²) in [5.74, 6) is -0.0794. The molecule has 1 atom stereocenters. The van der Waals surface area contributed by atoms with Crippen LogP contribution in [0.3, 0.4) is 0 Å². The van der Waals surface area contributed by atoms with E-state index >= 15 is 0 Å². The molecule has 90 valence electrons. The lowest BCUT2D eigenvalue weighted by Gasteiger charge is -2.23. The van der Waals surface area contributed by atoms with Crippen LogP contribution in [0.15, 0.2) is 12.3 Å². The molecule has 2 N–H and O–H groups in total. The monoisotopic (exact) mass is 244 g/mol. The molecule has 1 saturated heterocycles. The number of amides is 1. The summed E-state index contributed by atoms with van der Waals surface area (Å²) in [7, 11) is 1.80. The molecule has 0 bridgehead atoms. The molecule has 5 nitrogen and oxygen atoms in total. The number of piperidine rings is 1. The van der Waals surface area contributed by atoms with Crippen LogP contribution in [0.2, 0.25) is 0 Å². The zero-order valence-electron chi connectivity index (χ0n) is 9.27. The first-order chi connectivity index (χ1) is 7.25. The van der Waals surface area contributed by atoms with Gasteiger partial charge in [-0.15, -0.1) is 12.4 Å². The summed E-state index contributed by atoms with van der Waals surface area (Å²) >= 11 is 0. The summed E-state index contributed by atoms with van der Waals surface area (Å²) in [6.45, 7) is 1.91. The van der Waals surface area contributed by atoms with E-state index in [9.17, 15) is 4.79 Å². The number of carbonyl (C=O) groups excluding carboxylic acids is 1. The zero-order valence-corrected chi connectivity index (χ0v) is 10.1. The number of nitrogens with one attached hydrogen (secondary N) is 2. The maximum atomic E-state index is 11.7. The van der Waals surface area contributed by atoms with Gasteiger partial charge in [0, 0.05) is 25.8 Å². The van der Waals surface area contributed by atoms with Crippen molar-refractivity contribution in [3.8, 4) is 0 Å². The van der Waals surface area contributed by atoms with Crippen molar-refractivity contribution in [2.45, 2.75) is 18.9 Å². The summed E-state index contributed by atoms with van der Waals surface area (Å²) in [6, 6.07) is 1.97. The second kappa shape index (κ2) is 5.86. The maximum absolute atomic E-state index is 11.7. The highest BCUT2D eigenvalue weighted by Gasteiger charge is 2.17. The van der Waals surface area contributed by atoms with Crippen molar-refractivity contribution in [3.63, 3.8) is 0 Å². The lowest BCUT2D eigenvalue weighted by molar-refractivity contribution is 0.0925. The molecule has 1 unspecified atom stereocenters.